The molecule has 124 valence electrons. The summed E-state index contributed by atoms with van der Waals surface area (Å²) in [6, 6.07) is 11.8. The van der Waals surface area contributed by atoms with E-state index in [1.807, 2.05) is 0 Å². The maximum absolute atomic E-state index is 12.6. The molecule has 1 aliphatic carbocycles. The zero-order valence-corrected chi connectivity index (χ0v) is 14.7. The Morgan fingerprint density at radius 2 is 1.33 bits per heavy atom. The third-order valence-electron chi connectivity index (χ3n) is 3.94. The number of amides is 2. The van der Waals surface area contributed by atoms with Gasteiger partial charge in [-0.3, -0.25) is 9.59 Å². The zero-order valence-electron chi connectivity index (χ0n) is 12.4. The average molecular weight is 384 g/mol. The predicted molar refractivity (Wildman–Crippen MR) is 96.8 cm³/mol. The van der Waals surface area contributed by atoms with Crippen LogP contribution in [0.4, 0.5) is 11.4 Å². The second kappa shape index (κ2) is 6.63. The highest BCUT2D eigenvalue weighted by atomic mass is 35.5. The zero-order chi connectivity index (χ0) is 17.3. The third kappa shape index (κ3) is 3.22. The van der Waals surface area contributed by atoms with E-state index in [1.165, 1.54) is 0 Å². The number of rotatable bonds is 4. The van der Waals surface area contributed by atoms with Gasteiger partial charge in [-0.2, -0.15) is 0 Å². The second-order valence-electron chi connectivity index (χ2n) is 5.57. The number of hydrogen-bond acceptors (Lipinski definition) is 2. The molecule has 0 atom stereocenters. The molecule has 0 saturated heterocycles. The molecule has 0 heterocycles. The van der Waals surface area contributed by atoms with Gasteiger partial charge in [-0.15, -0.1) is 0 Å². The first kappa shape index (κ1) is 17.1. The molecule has 2 aromatic rings. The van der Waals surface area contributed by atoms with Crippen molar-refractivity contribution in [2.45, 2.75) is 12.8 Å². The van der Waals surface area contributed by atoms with Crippen LogP contribution >= 0.6 is 34.8 Å². The molecule has 0 spiro atoms. The molecule has 2 N–H and O–H groups in total. The molecule has 0 aromatic heterocycles. The number of carbonyl (C=O) groups is 2. The number of benzene rings is 2. The van der Waals surface area contributed by atoms with Crippen LogP contribution in [0, 0.1) is 5.41 Å². The van der Waals surface area contributed by atoms with E-state index in [-0.39, 0.29) is 10.9 Å². The van der Waals surface area contributed by atoms with Crippen LogP contribution in [0.2, 0.25) is 15.1 Å². The van der Waals surface area contributed by atoms with E-state index in [0.29, 0.717) is 34.3 Å². The Kier molecular flexibility index (Phi) is 4.72. The van der Waals surface area contributed by atoms with Crippen molar-refractivity contribution in [1.29, 1.82) is 0 Å². The lowest BCUT2D eigenvalue weighted by atomic mass is 10.0. The van der Waals surface area contributed by atoms with Crippen LogP contribution in [0.1, 0.15) is 12.8 Å². The van der Waals surface area contributed by atoms with Crippen molar-refractivity contribution in [2.75, 3.05) is 10.6 Å². The van der Waals surface area contributed by atoms with Crippen molar-refractivity contribution < 1.29 is 9.59 Å². The SMILES string of the molecule is O=C(Nc1ccccc1Cl)C1(C(=O)Nc2cccc(Cl)c2Cl)CC1. The monoisotopic (exact) mass is 382 g/mol. The predicted octanol–water partition coefficient (Wildman–Crippen LogP) is 5.00. The largest absolute Gasteiger partial charge is 0.324 e. The van der Waals surface area contributed by atoms with E-state index >= 15 is 0 Å². The van der Waals surface area contributed by atoms with Gasteiger partial charge in [-0.05, 0) is 37.1 Å². The Hall–Kier alpha value is -1.75. The Balaban J connectivity index is 1.76. The summed E-state index contributed by atoms with van der Waals surface area (Å²) in [4.78, 5) is 25.1. The molecular formula is C17H13Cl3N2O2. The lowest BCUT2D eigenvalue weighted by molar-refractivity contribution is -0.131. The molecule has 1 aliphatic rings. The number of para-hydroxylation sites is 1. The molecule has 24 heavy (non-hydrogen) atoms. The summed E-state index contributed by atoms with van der Waals surface area (Å²) in [5.41, 5.74) is -0.250. The normalized spacial score (nSPS) is 14.8. The van der Waals surface area contributed by atoms with Crippen molar-refractivity contribution in [2.24, 2.45) is 5.41 Å². The highest BCUT2D eigenvalue weighted by molar-refractivity contribution is 6.44. The molecule has 0 unspecified atom stereocenters. The molecule has 0 radical (unpaired) electrons. The van der Waals surface area contributed by atoms with Gasteiger partial charge in [0.05, 0.1) is 26.4 Å². The van der Waals surface area contributed by atoms with Gasteiger partial charge in [0.1, 0.15) is 5.41 Å². The van der Waals surface area contributed by atoms with Gasteiger partial charge in [0.15, 0.2) is 0 Å². The number of hydrogen-bond donors (Lipinski definition) is 2. The summed E-state index contributed by atoms with van der Waals surface area (Å²) in [6.07, 6.45) is 0.931. The first-order chi connectivity index (χ1) is 11.4. The van der Waals surface area contributed by atoms with Crippen LogP contribution in [-0.4, -0.2) is 11.8 Å². The molecule has 1 saturated carbocycles. The molecule has 1 fully saturated rings. The van der Waals surface area contributed by atoms with Crippen LogP contribution in [0.15, 0.2) is 42.5 Å². The van der Waals surface area contributed by atoms with Crippen molar-refractivity contribution in [1.82, 2.24) is 0 Å². The number of anilines is 2. The van der Waals surface area contributed by atoms with E-state index in [2.05, 4.69) is 10.6 Å². The Morgan fingerprint density at radius 1 is 0.792 bits per heavy atom. The first-order valence-corrected chi connectivity index (χ1v) is 8.39. The average Bonchev–Trinajstić information content (AvgIpc) is 3.36. The Labute approximate surface area is 154 Å². The number of halogens is 3. The summed E-state index contributed by atoms with van der Waals surface area (Å²) in [7, 11) is 0. The lowest BCUT2D eigenvalue weighted by Crippen LogP contribution is -2.35. The summed E-state index contributed by atoms with van der Waals surface area (Å²) >= 11 is 18.0. The molecule has 4 nitrogen and oxygen atoms in total. The fourth-order valence-corrected chi connectivity index (χ4v) is 2.86. The van der Waals surface area contributed by atoms with Gasteiger partial charge < -0.3 is 10.6 Å². The van der Waals surface area contributed by atoms with Crippen LogP contribution in [0.3, 0.4) is 0 Å². The van der Waals surface area contributed by atoms with E-state index in [9.17, 15) is 9.59 Å². The van der Waals surface area contributed by atoms with Crippen LogP contribution < -0.4 is 10.6 Å². The Bertz CT molecular complexity index is 819. The quantitative estimate of drug-likeness (QED) is 0.730. The molecule has 2 amide bonds. The Morgan fingerprint density at radius 3 is 1.96 bits per heavy atom. The number of nitrogens with one attached hydrogen (secondary N) is 2. The molecule has 7 heteroatoms. The maximum atomic E-state index is 12.6. The minimum absolute atomic E-state index is 0.245. The number of carbonyl (C=O) groups excluding carboxylic acids is 2. The van der Waals surface area contributed by atoms with Crippen LogP contribution in [-0.2, 0) is 9.59 Å². The molecule has 2 aromatic carbocycles. The van der Waals surface area contributed by atoms with Crippen molar-refractivity contribution in [3.8, 4) is 0 Å². The van der Waals surface area contributed by atoms with Gasteiger partial charge in [0.25, 0.3) is 0 Å². The van der Waals surface area contributed by atoms with Crippen molar-refractivity contribution in [3.63, 3.8) is 0 Å². The topological polar surface area (TPSA) is 58.2 Å². The smallest absolute Gasteiger partial charge is 0.240 e. The molecule has 3 rings (SSSR count). The highest BCUT2D eigenvalue weighted by Crippen LogP contribution is 2.48. The van der Waals surface area contributed by atoms with Gasteiger partial charge in [-0.25, -0.2) is 0 Å². The third-order valence-corrected chi connectivity index (χ3v) is 5.09. The van der Waals surface area contributed by atoms with Gasteiger partial charge in [0.2, 0.25) is 11.8 Å². The van der Waals surface area contributed by atoms with E-state index in [4.69, 9.17) is 34.8 Å². The fraction of sp³-hybridized carbons (Fsp3) is 0.176. The lowest BCUT2D eigenvalue weighted by Gasteiger charge is -2.16. The van der Waals surface area contributed by atoms with Gasteiger partial charge in [0, 0.05) is 0 Å². The minimum Gasteiger partial charge on any atom is -0.324 e. The second-order valence-corrected chi connectivity index (χ2v) is 6.76. The van der Waals surface area contributed by atoms with Gasteiger partial charge >= 0.3 is 0 Å². The summed E-state index contributed by atoms with van der Waals surface area (Å²) in [5, 5.41) is 6.40. The van der Waals surface area contributed by atoms with E-state index in [0.717, 1.165) is 0 Å². The van der Waals surface area contributed by atoms with Crippen molar-refractivity contribution >= 4 is 58.0 Å². The standard InChI is InChI=1S/C17H13Cl3N2O2/c18-10-4-1-2-6-12(10)21-15(23)17(8-9-17)16(24)22-13-7-3-5-11(19)14(13)20/h1-7H,8-9H2,(H,21,23)(H,22,24). The van der Waals surface area contributed by atoms with E-state index < -0.39 is 11.3 Å². The maximum Gasteiger partial charge on any atom is 0.240 e. The summed E-state index contributed by atoms with van der Waals surface area (Å²) in [5.74, 6) is -0.789. The van der Waals surface area contributed by atoms with Crippen LogP contribution in [0.25, 0.3) is 0 Å². The molecular weight excluding hydrogens is 371 g/mol. The van der Waals surface area contributed by atoms with E-state index in [1.54, 1.807) is 42.5 Å². The molecule has 0 bridgehead atoms. The molecule has 0 aliphatic heterocycles. The summed E-state index contributed by atoms with van der Waals surface area (Å²) in [6.45, 7) is 0. The van der Waals surface area contributed by atoms with Crippen LogP contribution in [0.5, 0.6) is 0 Å². The van der Waals surface area contributed by atoms with Crippen molar-refractivity contribution in [3.05, 3.63) is 57.5 Å². The van der Waals surface area contributed by atoms with Gasteiger partial charge in [-0.1, -0.05) is 53.0 Å². The first-order valence-electron chi connectivity index (χ1n) is 7.25. The summed E-state index contributed by atoms with van der Waals surface area (Å²) < 4.78 is 0. The highest BCUT2D eigenvalue weighted by Gasteiger charge is 2.56. The fourth-order valence-electron chi connectivity index (χ4n) is 2.33. The minimum atomic E-state index is -1.11.